The van der Waals surface area contributed by atoms with E-state index in [1.807, 2.05) is 0 Å². The summed E-state index contributed by atoms with van der Waals surface area (Å²) in [5.74, 6) is 0.0697. The SMILES string of the molecule is CS(=O)(=O)N1CCC(Nc2ncc(C(F)(F)F)c(-c3cnc(Br)s3)n2)CC1. The smallest absolute Gasteiger partial charge is 0.351 e. The molecule has 1 fully saturated rings. The minimum Gasteiger partial charge on any atom is -0.351 e. The Morgan fingerprint density at radius 1 is 1.26 bits per heavy atom. The highest BCUT2D eigenvalue weighted by Crippen LogP contribution is 2.38. The van der Waals surface area contributed by atoms with Crippen LogP contribution in [0.1, 0.15) is 18.4 Å². The first kappa shape index (κ1) is 20.4. The number of hydrogen-bond acceptors (Lipinski definition) is 7. The maximum Gasteiger partial charge on any atom is 0.420 e. The van der Waals surface area contributed by atoms with Crippen molar-refractivity contribution in [1.29, 1.82) is 0 Å². The first-order valence-corrected chi connectivity index (χ1v) is 11.3. The van der Waals surface area contributed by atoms with Gasteiger partial charge in [-0.05, 0) is 28.8 Å². The quantitative estimate of drug-likeness (QED) is 0.715. The normalized spacial score (nSPS) is 17.2. The van der Waals surface area contributed by atoms with Crippen molar-refractivity contribution in [2.24, 2.45) is 0 Å². The van der Waals surface area contributed by atoms with Crippen LogP contribution in [0, 0.1) is 0 Å². The van der Waals surface area contributed by atoms with E-state index in [0.717, 1.165) is 23.8 Å². The second-order valence-corrected chi connectivity index (χ2v) is 10.3. The van der Waals surface area contributed by atoms with Crippen molar-refractivity contribution in [2.75, 3.05) is 24.7 Å². The Morgan fingerprint density at radius 3 is 2.44 bits per heavy atom. The summed E-state index contributed by atoms with van der Waals surface area (Å²) in [6, 6.07) is -0.124. The third kappa shape index (κ3) is 4.95. The zero-order valence-corrected chi connectivity index (χ0v) is 17.2. The summed E-state index contributed by atoms with van der Waals surface area (Å²) in [6.07, 6.45) is -0.341. The topological polar surface area (TPSA) is 88.1 Å². The lowest BCUT2D eigenvalue weighted by Crippen LogP contribution is -2.42. The van der Waals surface area contributed by atoms with E-state index in [2.05, 4.69) is 36.2 Å². The number of rotatable bonds is 4. The van der Waals surface area contributed by atoms with Gasteiger partial charge in [0, 0.05) is 31.5 Å². The number of nitrogens with one attached hydrogen (secondary N) is 1. The molecule has 3 heterocycles. The maximum absolute atomic E-state index is 13.3. The summed E-state index contributed by atoms with van der Waals surface area (Å²) < 4.78 is 64.8. The lowest BCUT2D eigenvalue weighted by molar-refractivity contribution is -0.137. The minimum atomic E-state index is -4.59. The number of sulfonamides is 1. The Morgan fingerprint density at radius 2 is 1.93 bits per heavy atom. The number of aromatic nitrogens is 3. The number of hydrogen-bond donors (Lipinski definition) is 1. The van der Waals surface area contributed by atoms with Gasteiger partial charge in [-0.3, -0.25) is 0 Å². The molecule has 1 aliphatic rings. The van der Waals surface area contributed by atoms with Crippen LogP contribution in [0.25, 0.3) is 10.6 Å². The molecular formula is C14H15BrF3N5O2S2. The molecule has 13 heteroatoms. The molecule has 0 aliphatic carbocycles. The van der Waals surface area contributed by atoms with E-state index in [0.29, 0.717) is 29.8 Å². The lowest BCUT2D eigenvalue weighted by Gasteiger charge is -2.30. The van der Waals surface area contributed by atoms with Gasteiger partial charge in [0.1, 0.15) is 5.56 Å². The molecule has 0 amide bonds. The predicted molar refractivity (Wildman–Crippen MR) is 98.9 cm³/mol. The standard InChI is InChI=1S/C14H15BrF3N5O2S2/c1-27(24,25)23-4-2-8(3-5-23)21-13-20-6-9(14(16,17)18)11(22-13)10-7-19-12(15)26-10/h6-8H,2-5H2,1H3,(H,20,21,22). The van der Waals surface area contributed by atoms with E-state index in [1.165, 1.54) is 10.5 Å². The molecule has 27 heavy (non-hydrogen) atoms. The third-order valence-corrected chi connectivity index (χ3v) is 6.85. The summed E-state index contributed by atoms with van der Waals surface area (Å²) >= 11 is 4.18. The van der Waals surface area contributed by atoms with Gasteiger partial charge < -0.3 is 5.32 Å². The van der Waals surface area contributed by atoms with Gasteiger partial charge in [0.2, 0.25) is 16.0 Å². The van der Waals surface area contributed by atoms with Crippen molar-refractivity contribution in [1.82, 2.24) is 19.3 Å². The van der Waals surface area contributed by atoms with Gasteiger partial charge in [-0.15, -0.1) is 11.3 Å². The molecule has 0 saturated carbocycles. The van der Waals surface area contributed by atoms with Crippen molar-refractivity contribution < 1.29 is 21.6 Å². The zero-order valence-electron chi connectivity index (χ0n) is 14.0. The van der Waals surface area contributed by atoms with Gasteiger partial charge in [-0.2, -0.15) is 13.2 Å². The van der Waals surface area contributed by atoms with Crippen LogP contribution < -0.4 is 5.32 Å². The van der Waals surface area contributed by atoms with Crippen LogP contribution in [0.5, 0.6) is 0 Å². The molecule has 2 aromatic heterocycles. The Bertz CT molecular complexity index is 927. The molecule has 2 aromatic rings. The number of alkyl halides is 3. The highest BCUT2D eigenvalue weighted by Gasteiger charge is 2.36. The van der Waals surface area contributed by atoms with E-state index >= 15 is 0 Å². The Hall–Kier alpha value is -1.31. The molecular weight excluding hydrogens is 471 g/mol. The molecule has 1 saturated heterocycles. The average molecular weight is 486 g/mol. The molecule has 0 atom stereocenters. The molecule has 0 aromatic carbocycles. The molecule has 0 bridgehead atoms. The highest BCUT2D eigenvalue weighted by molar-refractivity contribution is 9.11. The maximum atomic E-state index is 13.3. The first-order chi connectivity index (χ1) is 12.5. The van der Waals surface area contributed by atoms with Crippen LogP contribution >= 0.6 is 27.3 Å². The minimum absolute atomic E-state index is 0.0697. The van der Waals surface area contributed by atoms with Crippen molar-refractivity contribution in [3.63, 3.8) is 0 Å². The second kappa shape index (κ2) is 7.60. The van der Waals surface area contributed by atoms with Gasteiger partial charge >= 0.3 is 6.18 Å². The summed E-state index contributed by atoms with van der Waals surface area (Å²) in [5.41, 5.74) is -1.17. The van der Waals surface area contributed by atoms with Crippen LogP contribution in [-0.4, -0.2) is 53.1 Å². The zero-order chi connectivity index (χ0) is 19.8. The summed E-state index contributed by atoms with van der Waals surface area (Å²) in [6.45, 7) is 0.678. The molecule has 0 radical (unpaired) electrons. The van der Waals surface area contributed by atoms with Crippen LogP contribution in [0.15, 0.2) is 16.3 Å². The molecule has 1 N–H and O–H groups in total. The van der Waals surface area contributed by atoms with Gasteiger partial charge in [0.15, 0.2) is 3.92 Å². The van der Waals surface area contributed by atoms with E-state index in [1.54, 1.807) is 0 Å². The molecule has 0 spiro atoms. The second-order valence-electron chi connectivity index (χ2n) is 6.01. The number of halogens is 4. The molecule has 3 rings (SSSR count). The molecule has 148 valence electrons. The fraction of sp³-hybridized carbons (Fsp3) is 0.500. The van der Waals surface area contributed by atoms with Gasteiger partial charge in [0.25, 0.3) is 0 Å². The average Bonchev–Trinajstić information content (AvgIpc) is 3.00. The van der Waals surface area contributed by atoms with E-state index in [9.17, 15) is 21.6 Å². The summed E-state index contributed by atoms with van der Waals surface area (Å²) in [4.78, 5) is 12.0. The fourth-order valence-corrected chi connectivity index (χ4v) is 4.87. The van der Waals surface area contributed by atoms with Crippen molar-refractivity contribution in [2.45, 2.75) is 25.1 Å². The Kier molecular flexibility index (Phi) is 5.75. The molecule has 7 nitrogen and oxygen atoms in total. The van der Waals surface area contributed by atoms with Gasteiger partial charge in [-0.1, -0.05) is 0 Å². The highest BCUT2D eigenvalue weighted by atomic mass is 79.9. The Balaban J connectivity index is 1.81. The van der Waals surface area contributed by atoms with Crippen LogP contribution in [0.2, 0.25) is 0 Å². The van der Waals surface area contributed by atoms with E-state index < -0.39 is 21.8 Å². The van der Waals surface area contributed by atoms with Crippen molar-refractivity contribution in [3.05, 3.63) is 21.9 Å². The lowest BCUT2D eigenvalue weighted by atomic mass is 10.1. The van der Waals surface area contributed by atoms with Crippen molar-refractivity contribution in [3.8, 4) is 10.6 Å². The van der Waals surface area contributed by atoms with Gasteiger partial charge in [-0.25, -0.2) is 27.7 Å². The molecule has 1 aliphatic heterocycles. The van der Waals surface area contributed by atoms with Crippen molar-refractivity contribution >= 4 is 43.2 Å². The van der Waals surface area contributed by atoms with Crippen LogP contribution in [0.3, 0.4) is 0 Å². The van der Waals surface area contributed by atoms with Gasteiger partial charge in [0.05, 0.1) is 16.8 Å². The van der Waals surface area contributed by atoms with Crippen LogP contribution in [-0.2, 0) is 16.2 Å². The number of nitrogens with zero attached hydrogens (tertiary/aromatic N) is 4. The predicted octanol–water partition coefficient (Wildman–Crippen LogP) is 3.22. The Labute approximate surface area is 166 Å². The van der Waals surface area contributed by atoms with E-state index in [-0.39, 0.29) is 22.6 Å². The number of thiazole rings is 1. The van der Waals surface area contributed by atoms with Crippen LogP contribution in [0.4, 0.5) is 19.1 Å². The summed E-state index contributed by atoms with van der Waals surface area (Å²) in [7, 11) is -3.25. The summed E-state index contributed by atoms with van der Waals surface area (Å²) in [5, 5.41) is 3.01. The third-order valence-electron chi connectivity index (χ3n) is 4.06. The largest absolute Gasteiger partial charge is 0.420 e. The number of piperidine rings is 1. The fourth-order valence-electron chi connectivity index (χ4n) is 2.72. The van der Waals surface area contributed by atoms with E-state index in [4.69, 9.17) is 0 Å². The number of anilines is 1. The monoisotopic (exact) mass is 485 g/mol. The molecule has 0 unspecified atom stereocenters. The first-order valence-electron chi connectivity index (χ1n) is 7.81.